The molecule has 6 nitrogen and oxygen atoms in total. The van der Waals surface area contributed by atoms with E-state index in [9.17, 15) is 18.4 Å². The Labute approximate surface area is 175 Å². The molecule has 30 heavy (non-hydrogen) atoms. The van der Waals surface area contributed by atoms with E-state index in [4.69, 9.17) is 20.8 Å². The first-order chi connectivity index (χ1) is 14.4. The van der Waals surface area contributed by atoms with E-state index in [1.165, 1.54) is 10.6 Å². The molecule has 1 fully saturated rings. The van der Waals surface area contributed by atoms with Crippen LogP contribution >= 0.6 is 11.6 Å². The molecule has 2 aromatic carbocycles. The Morgan fingerprint density at radius 3 is 2.67 bits per heavy atom. The number of hydrogen-bond acceptors (Lipinski definition) is 4. The molecule has 1 saturated heterocycles. The predicted octanol–water partition coefficient (Wildman–Crippen LogP) is 3.99. The van der Waals surface area contributed by atoms with Crippen molar-refractivity contribution in [1.82, 2.24) is 9.47 Å². The number of hydrogen-bond donors (Lipinski definition) is 0. The predicted molar refractivity (Wildman–Crippen MR) is 107 cm³/mol. The van der Waals surface area contributed by atoms with Gasteiger partial charge < -0.3 is 14.1 Å². The maximum absolute atomic E-state index is 13.7. The average Bonchev–Trinajstić information content (AvgIpc) is 3.02. The lowest BCUT2D eigenvalue weighted by atomic mass is 10.1. The largest absolute Gasteiger partial charge is 0.487 e. The lowest BCUT2D eigenvalue weighted by Gasteiger charge is -2.32. The van der Waals surface area contributed by atoms with Gasteiger partial charge in [0.1, 0.15) is 11.9 Å². The van der Waals surface area contributed by atoms with Gasteiger partial charge in [-0.2, -0.15) is 0 Å². The standard InChI is InChI=1S/C21H19ClF2N2O4/c22-13-1-3-17-19(11-13)30-21(28)26(17)10-7-20(27)25-8-5-15(6-9-25)29-18-4-2-14(23)12-16(18)24/h1-4,11-12,15H,5-10H2. The second kappa shape index (κ2) is 8.47. The van der Waals surface area contributed by atoms with Crippen LogP contribution in [0.2, 0.25) is 5.02 Å². The van der Waals surface area contributed by atoms with Crippen molar-refractivity contribution in [2.75, 3.05) is 13.1 Å². The fourth-order valence-corrected chi connectivity index (χ4v) is 3.75. The first-order valence-corrected chi connectivity index (χ1v) is 9.97. The van der Waals surface area contributed by atoms with Gasteiger partial charge >= 0.3 is 5.76 Å². The maximum Gasteiger partial charge on any atom is 0.419 e. The minimum atomic E-state index is -0.743. The molecule has 0 spiro atoms. The normalized spacial score (nSPS) is 15.0. The fraction of sp³-hybridized carbons (Fsp3) is 0.333. The lowest BCUT2D eigenvalue weighted by molar-refractivity contribution is -0.133. The molecule has 1 amide bonds. The zero-order chi connectivity index (χ0) is 21.3. The molecule has 3 aromatic rings. The van der Waals surface area contributed by atoms with Crippen LogP contribution in [0.3, 0.4) is 0 Å². The lowest BCUT2D eigenvalue weighted by Crippen LogP contribution is -2.42. The third-order valence-electron chi connectivity index (χ3n) is 5.16. The topological polar surface area (TPSA) is 64.7 Å². The Hall–Kier alpha value is -2.87. The van der Waals surface area contributed by atoms with Crippen LogP contribution in [0.4, 0.5) is 8.78 Å². The molecule has 1 aliphatic rings. The van der Waals surface area contributed by atoms with Gasteiger partial charge in [0, 0.05) is 56.1 Å². The minimum Gasteiger partial charge on any atom is -0.487 e. The molecule has 1 aliphatic heterocycles. The fourth-order valence-electron chi connectivity index (χ4n) is 3.59. The molecule has 0 N–H and O–H groups in total. The number of rotatable bonds is 5. The van der Waals surface area contributed by atoms with Gasteiger partial charge in [0.25, 0.3) is 0 Å². The number of carbonyl (C=O) groups excluding carboxylic acids is 1. The van der Waals surface area contributed by atoms with Crippen molar-refractivity contribution in [3.05, 3.63) is 63.6 Å². The molecular formula is C21H19ClF2N2O4. The molecular weight excluding hydrogens is 418 g/mol. The number of aromatic nitrogens is 1. The summed E-state index contributed by atoms with van der Waals surface area (Å²) in [5, 5.41) is 0.463. The molecule has 2 heterocycles. The van der Waals surface area contributed by atoms with Crippen LogP contribution in [-0.2, 0) is 11.3 Å². The van der Waals surface area contributed by atoms with Crippen LogP contribution in [0.15, 0.2) is 45.6 Å². The van der Waals surface area contributed by atoms with E-state index >= 15 is 0 Å². The van der Waals surface area contributed by atoms with Gasteiger partial charge in [-0.15, -0.1) is 0 Å². The summed E-state index contributed by atoms with van der Waals surface area (Å²) in [6.07, 6.45) is 0.972. The van der Waals surface area contributed by atoms with Gasteiger partial charge in [0.05, 0.1) is 5.52 Å². The number of likely N-dealkylation sites (tertiary alicyclic amines) is 1. The summed E-state index contributed by atoms with van der Waals surface area (Å²) in [7, 11) is 0. The summed E-state index contributed by atoms with van der Waals surface area (Å²) in [6, 6.07) is 8.10. The first-order valence-electron chi connectivity index (χ1n) is 9.59. The van der Waals surface area contributed by atoms with Crippen LogP contribution in [0.1, 0.15) is 19.3 Å². The van der Waals surface area contributed by atoms with Crippen LogP contribution in [0, 0.1) is 11.6 Å². The molecule has 1 aromatic heterocycles. The second-order valence-electron chi connectivity index (χ2n) is 7.15. The number of piperidine rings is 1. The molecule has 0 unspecified atom stereocenters. The number of carbonyl (C=O) groups is 1. The number of ether oxygens (including phenoxy) is 1. The van der Waals surface area contributed by atoms with Crippen molar-refractivity contribution in [3.63, 3.8) is 0 Å². The minimum absolute atomic E-state index is 0.00694. The van der Waals surface area contributed by atoms with E-state index in [0.717, 1.165) is 12.1 Å². The zero-order valence-corrected chi connectivity index (χ0v) is 16.7. The van der Waals surface area contributed by atoms with Crippen molar-refractivity contribution < 1.29 is 22.7 Å². The molecule has 0 bridgehead atoms. The van der Waals surface area contributed by atoms with Gasteiger partial charge in [0.15, 0.2) is 17.1 Å². The third-order valence-corrected chi connectivity index (χ3v) is 5.40. The number of nitrogens with zero attached hydrogens (tertiary/aromatic N) is 2. The van der Waals surface area contributed by atoms with Crippen molar-refractivity contribution in [1.29, 1.82) is 0 Å². The van der Waals surface area contributed by atoms with Crippen molar-refractivity contribution >= 4 is 28.6 Å². The van der Waals surface area contributed by atoms with Crippen molar-refractivity contribution in [3.8, 4) is 5.75 Å². The van der Waals surface area contributed by atoms with E-state index in [0.29, 0.717) is 42.1 Å². The number of benzene rings is 2. The molecule has 0 saturated carbocycles. The van der Waals surface area contributed by atoms with Gasteiger partial charge in [-0.1, -0.05) is 11.6 Å². The molecule has 0 radical (unpaired) electrons. The number of fused-ring (bicyclic) bond motifs is 1. The van der Waals surface area contributed by atoms with Crippen molar-refractivity contribution in [2.24, 2.45) is 0 Å². The monoisotopic (exact) mass is 436 g/mol. The van der Waals surface area contributed by atoms with Gasteiger partial charge in [0.2, 0.25) is 5.91 Å². The highest BCUT2D eigenvalue weighted by molar-refractivity contribution is 6.31. The quantitative estimate of drug-likeness (QED) is 0.606. The Balaban J connectivity index is 1.32. The number of halogens is 3. The van der Waals surface area contributed by atoms with E-state index in [-0.39, 0.29) is 30.7 Å². The number of amides is 1. The van der Waals surface area contributed by atoms with Gasteiger partial charge in [-0.3, -0.25) is 9.36 Å². The number of aryl methyl sites for hydroxylation is 1. The summed E-state index contributed by atoms with van der Waals surface area (Å²) in [5.41, 5.74) is 0.969. The van der Waals surface area contributed by atoms with Gasteiger partial charge in [-0.25, -0.2) is 13.6 Å². The second-order valence-corrected chi connectivity index (χ2v) is 7.59. The molecule has 4 rings (SSSR count). The van der Waals surface area contributed by atoms with Crippen LogP contribution in [0.25, 0.3) is 11.1 Å². The third kappa shape index (κ3) is 4.33. The molecule has 158 valence electrons. The van der Waals surface area contributed by atoms with Gasteiger partial charge in [-0.05, 0) is 24.3 Å². The number of oxazole rings is 1. The first kappa shape index (κ1) is 20.4. The summed E-state index contributed by atoms with van der Waals surface area (Å²) in [4.78, 5) is 26.3. The maximum atomic E-state index is 13.7. The highest BCUT2D eigenvalue weighted by atomic mass is 35.5. The zero-order valence-electron chi connectivity index (χ0n) is 15.9. The van der Waals surface area contributed by atoms with Crippen LogP contribution in [0.5, 0.6) is 5.75 Å². The summed E-state index contributed by atoms with van der Waals surface area (Å²) < 4.78 is 38.9. The van der Waals surface area contributed by atoms with E-state index in [1.54, 1.807) is 23.1 Å². The highest BCUT2D eigenvalue weighted by Crippen LogP contribution is 2.23. The Morgan fingerprint density at radius 1 is 1.17 bits per heavy atom. The van der Waals surface area contributed by atoms with Crippen LogP contribution < -0.4 is 10.5 Å². The summed E-state index contributed by atoms with van der Waals surface area (Å²) in [5.74, 6) is -2.02. The Morgan fingerprint density at radius 2 is 1.93 bits per heavy atom. The average molecular weight is 437 g/mol. The summed E-state index contributed by atoms with van der Waals surface area (Å²) in [6.45, 7) is 1.12. The van der Waals surface area contributed by atoms with Crippen molar-refractivity contribution in [2.45, 2.75) is 31.9 Å². The smallest absolute Gasteiger partial charge is 0.419 e. The van der Waals surface area contributed by atoms with E-state index < -0.39 is 17.4 Å². The molecule has 0 atom stereocenters. The van der Waals surface area contributed by atoms with Crippen LogP contribution in [-0.4, -0.2) is 34.6 Å². The Bertz CT molecular complexity index is 1140. The molecule has 9 heteroatoms. The SMILES string of the molecule is O=C(CCn1c(=O)oc2cc(Cl)ccc21)N1CCC(Oc2ccc(F)cc2F)CC1. The van der Waals surface area contributed by atoms with E-state index in [2.05, 4.69) is 0 Å². The molecule has 0 aliphatic carbocycles. The Kier molecular flexibility index (Phi) is 5.76. The highest BCUT2D eigenvalue weighted by Gasteiger charge is 2.25. The van der Waals surface area contributed by atoms with E-state index in [1.807, 2.05) is 0 Å². The summed E-state index contributed by atoms with van der Waals surface area (Å²) >= 11 is 5.91.